The SMILES string of the molecule is CC(C(=O)Nc1cc(C(=O)O)ccc1F)c1ccccc1F. The van der Waals surface area contributed by atoms with Gasteiger partial charge in [0.2, 0.25) is 5.91 Å². The summed E-state index contributed by atoms with van der Waals surface area (Å²) in [6.07, 6.45) is 0. The number of carboxylic acids is 1. The van der Waals surface area contributed by atoms with E-state index in [0.29, 0.717) is 0 Å². The largest absolute Gasteiger partial charge is 0.478 e. The molecule has 0 saturated heterocycles. The lowest BCUT2D eigenvalue weighted by Gasteiger charge is -2.14. The lowest BCUT2D eigenvalue weighted by Crippen LogP contribution is -2.20. The summed E-state index contributed by atoms with van der Waals surface area (Å²) in [6.45, 7) is 1.48. The topological polar surface area (TPSA) is 66.4 Å². The van der Waals surface area contributed by atoms with Crippen LogP contribution in [0.5, 0.6) is 0 Å². The van der Waals surface area contributed by atoms with Gasteiger partial charge in [-0.2, -0.15) is 0 Å². The van der Waals surface area contributed by atoms with Crippen LogP contribution in [0.15, 0.2) is 42.5 Å². The Hall–Kier alpha value is -2.76. The average Bonchev–Trinajstić information content (AvgIpc) is 2.49. The van der Waals surface area contributed by atoms with E-state index in [4.69, 9.17) is 5.11 Å². The summed E-state index contributed by atoms with van der Waals surface area (Å²) in [5, 5.41) is 11.2. The highest BCUT2D eigenvalue weighted by atomic mass is 19.1. The van der Waals surface area contributed by atoms with E-state index in [-0.39, 0.29) is 16.8 Å². The van der Waals surface area contributed by atoms with Crippen molar-refractivity contribution in [3.8, 4) is 0 Å². The van der Waals surface area contributed by atoms with Crippen molar-refractivity contribution in [3.63, 3.8) is 0 Å². The van der Waals surface area contributed by atoms with Crippen molar-refractivity contribution in [2.45, 2.75) is 12.8 Å². The third-order valence-corrected chi connectivity index (χ3v) is 3.24. The molecule has 2 aromatic carbocycles. The van der Waals surface area contributed by atoms with Gasteiger partial charge in [0.15, 0.2) is 0 Å². The molecule has 22 heavy (non-hydrogen) atoms. The van der Waals surface area contributed by atoms with E-state index in [1.54, 1.807) is 6.07 Å². The first-order valence-electron chi connectivity index (χ1n) is 6.48. The molecule has 4 nitrogen and oxygen atoms in total. The molecule has 0 aliphatic rings. The van der Waals surface area contributed by atoms with Crippen molar-refractivity contribution in [1.29, 1.82) is 0 Å². The molecule has 0 radical (unpaired) electrons. The maximum absolute atomic E-state index is 13.7. The predicted molar refractivity (Wildman–Crippen MR) is 76.8 cm³/mol. The minimum Gasteiger partial charge on any atom is -0.478 e. The Balaban J connectivity index is 2.24. The van der Waals surface area contributed by atoms with E-state index in [9.17, 15) is 18.4 Å². The van der Waals surface area contributed by atoms with E-state index in [0.717, 1.165) is 18.2 Å². The lowest BCUT2D eigenvalue weighted by atomic mass is 9.99. The molecule has 0 bridgehead atoms. The predicted octanol–water partition coefficient (Wildman–Crippen LogP) is 3.41. The van der Waals surface area contributed by atoms with Crippen molar-refractivity contribution < 1.29 is 23.5 Å². The second kappa shape index (κ2) is 6.34. The number of halogens is 2. The van der Waals surface area contributed by atoms with E-state index in [1.807, 2.05) is 0 Å². The molecule has 2 N–H and O–H groups in total. The highest BCUT2D eigenvalue weighted by Crippen LogP contribution is 2.22. The fourth-order valence-corrected chi connectivity index (χ4v) is 1.96. The highest BCUT2D eigenvalue weighted by Gasteiger charge is 2.20. The third-order valence-electron chi connectivity index (χ3n) is 3.24. The molecule has 1 atom stereocenters. The number of amides is 1. The molecular weight excluding hydrogens is 292 g/mol. The van der Waals surface area contributed by atoms with E-state index in [1.165, 1.54) is 25.1 Å². The molecule has 114 valence electrons. The van der Waals surface area contributed by atoms with E-state index >= 15 is 0 Å². The quantitative estimate of drug-likeness (QED) is 0.909. The van der Waals surface area contributed by atoms with Gasteiger partial charge in [-0.1, -0.05) is 18.2 Å². The zero-order chi connectivity index (χ0) is 16.3. The van der Waals surface area contributed by atoms with Crippen LogP contribution >= 0.6 is 0 Å². The number of hydrogen-bond acceptors (Lipinski definition) is 2. The number of carboxylic acid groups (broad SMARTS) is 1. The van der Waals surface area contributed by atoms with Crippen LogP contribution in [-0.2, 0) is 4.79 Å². The first-order valence-corrected chi connectivity index (χ1v) is 6.48. The number of rotatable bonds is 4. The van der Waals surface area contributed by atoms with Crippen LogP contribution in [0, 0.1) is 11.6 Å². The Morgan fingerprint density at radius 2 is 1.77 bits per heavy atom. The maximum Gasteiger partial charge on any atom is 0.335 e. The summed E-state index contributed by atoms with van der Waals surface area (Å²) in [5.74, 6) is -4.03. The number of benzene rings is 2. The van der Waals surface area contributed by atoms with Gasteiger partial charge >= 0.3 is 5.97 Å². The first kappa shape index (κ1) is 15.6. The zero-order valence-electron chi connectivity index (χ0n) is 11.6. The number of hydrogen-bond donors (Lipinski definition) is 2. The Labute approximate surface area is 125 Å². The zero-order valence-corrected chi connectivity index (χ0v) is 11.6. The van der Waals surface area contributed by atoms with Crippen LogP contribution in [0.3, 0.4) is 0 Å². The van der Waals surface area contributed by atoms with Crippen molar-refractivity contribution in [3.05, 3.63) is 65.2 Å². The highest BCUT2D eigenvalue weighted by molar-refractivity contribution is 5.97. The first-order chi connectivity index (χ1) is 10.4. The fourth-order valence-electron chi connectivity index (χ4n) is 1.96. The summed E-state index contributed by atoms with van der Waals surface area (Å²) in [7, 11) is 0. The van der Waals surface area contributed by atoms with Crippen molar-refractivity contribution in [2.75, 3.05) is 5.32 Å². The smallest absolute Gasteiger partial charge is 0.335 e. The Kier molecular flexibility index (Phi) is 4.50. The standard InChI is InChI=1S/C16H13F2NO3/c1-9(11-4-2-3-5-12(11)17)15(20)19-14-8-10(16(21)22)6-7-13(14)18/h2-9H,1H3,(H,19,20)(H,21,22). The summed E-state index contributed by atoms with van der Waals surface area (Å²) in [4.78, 5) is 23.0. The van der Waals surface area contributed by atoms with E-state index in [2.05, 4.69) is 5.32 Å². The van der Waals surface area contributed by atoms with Gasteiger partial charge in [-0.05, 0) is 36.8 Å². The monoisotopic (exact) mass is 305 g/mol. The van der Waals surface area contributed by atoms with Crippen LogP contribution in [-0.4, -0.2) is 17.0 Å². The van der Waals surface area contributed by atoms with Gasteiger partial charge in [-0.15, -0.1) is 0 Å². The molecule has 1 amide bonds. The van der Waals surface area contributed by atoms with Gasteiger partial charge < -0.3 is 10.4 Å². The Bertz CT molecular complexity index is 731. The fraction of sp³-hybridized carbons (Fsp3) is 0.125. The molecular formula is C16H13F2NO3. The number of aromatic carboxylic acids is 1. The number of carbonyl (C=O) groups is 2. The van der Waals surface area contributed by atoms with Gasteiger partial charge in [0.05, 0.1) is 17.2 Å². The van der Waals surface area contributed by atoms with Gasteiger partial charge in [-0.3, -0.25) is 4.79 Å². The van der Waals surface area contributed by atoms with Gasteiger partial charge in [0, 0.05) is 0 Å². The molecule has 0 saturated carbocycles. The molecule has 0 aliphatic carbocycles. The molecule has 0 aromatic heterocycles. The average molecular weight is 305 g/mol. The normalized spacial score (nSPS) is 11.8. The molecule has 0 heterocycles. The molecule has 2 rings (SSSR count). The van der Waals surface area contributed by atoms with Crippen molar-refractivity contribution in [1.82, 2.24) is 0 Å². The number of anilines is 1. The third kappa shape index (κ3) is 3.28. The molecule has 0 spiro atoms. The Morgan fingerprint density at radius 3 is 2.41 bits per heavy atom. The van der Waals surface area contributed by atoms with Gasteiger partial charge in [0.1, 0.15) is 11.6 Å². The van der Waals surface area contributed by atoms with Crippen LogP contribution in [0.25, 0.3) is 0 Å². The van der Waals surface area contributed by atoms with Crippen molar-refractivity contribution >= 4 is 17.6 Å². The molecule has 1 unspecified atom stereocenters. The van der Waals surface area contributed by atoms with E-state index < -0.39 is 29.4 Å². The van der Waals surface area contributed by atoms with Gasteiger partial charge in [-0.25, -0.2) is 13.6 Å². The second-order valence-corrected chi connectivity index (χ2v) is 4.73. The molecule has 0 fully saturated rings. The lowest BCUT2D eigenvalue weighted by molar-refractivity contribution is -0.117. The summed E-state index contributed by atoms with van der Waals surface area (Å²) < 4.78 is 27.3. The minimum atomic E-state index is -1.24. The summed E-state index contributed by atoms with van der Waals surface area (Å²) in [5.41, 5.74) is -0.238. The van der Waals surface area contributed by atoms with Crippen LogP contribution < -0.4 is 5.32 Å². The van der Waals surface area contributed by atoms with Crippen LogP contribution in [0.2, 0.25) is 0 Å². The summed E-state index contributed by atoms with van der Waals surface area (Å²) >= 11 is 0. The maximum atomic E-state index is 13.7. The number of nitrogens with one attached hydrogen (secondary N) is 1. The number of carbonyl (C=O) groups excluding carboxylic acids is 1. The summed E-state index contributed by atoms with van der Waals surface area (Å²) in [6, 6.07) is 8.84. The Morgan fingerprint density at radius 1 is 1.09 bits per heavy atom. The van der Waals surface area contributed by atoms with Crippen LogP contribution in [0.1, 0.15) is 28.8 Å². The molecule has 6 heteroatoms. The molecule has 2 aromatic rings. The van der Waals surface area contributed by atoms with Gasteiger partial charge in [0.25, 0.3) is 0 Å². The van der Waals surface area contributed by atoms with Crippen molar-refractivity contribution in [2.24, 2.45) is 0 Å². The van der Waals surface area contributed by atoms with Crippen LogP contribution in [0.4, 0.5) is 14.5 Å². The molecule has 0 aliphatic heterocycles. The minimum absolute atomic E-state index is 0.157. The second-order valence-electron chi connectivity index (χ2n) is 4.73.